The predicted octanol–water partition coefficient (Wildman–Crippen LogP) is 2.63. The normalized spacial score (nSPS) is 16.5. The zero-order valence-electron chi connectivity index (χ0n) is 16.2. The highest BCUT2D eigenvalue weighted by atomic mass is 32.2. The third-order valence-electron chi connectivity index (χ3n) is 4.96. The number of benzene rings is 1. The molecule has 0 aromatic heterocycles. The Hall–Kier alpha value is -1.60. The average Bonchev–Trinajstić information content (AvgIpc) is 2.63. The monoisotopic (exact) mass is 382 g/mol. The maximum atomic E-state index is 13.0. The summed E-state index contributed by atoms with van der Waals surface area (Å²) in [6, 6.07) is 3.43. The molecule has 1 aliphatic heterocycles. The Morgan fingerprint density at radius 1 is 1.23 bits per heavy atom. The average molecular weight is 383 g/mol. The SMILES string of the molecule is CCCCNC(=O)C1CCN(S(=O)(=O)c2cc(C)c(OC)cc2C)CC1. The van der Waals surface area contributed by atoms with E-state index in [9.17, 15) is 13.2 Å². The number of nitrogens with zero attached hydrogens (tertiary/aromatic N) is 1. The van der Waals surface area contributed by atoms with Gasteiger partial charge in [-0.2, -0.15) is 4.31 Å². The smallest absolute Gasteiger partial charge is 0.243 e. The lowest BCUT2D eigenvalue weighted by Crippen LogP contribution is -2.43. The van der Waals surface area contributed by atoms with Crippen LogP contribution in [0, 0.1) is 19.8 Å². The molecule has 1 aromatic carbocycles. The first-order valence-electron chi connectivity index (χ1n) is 9.24. The number of rotatable bonds is 7. The molecule has 1 fully saturated rings. The third kappa shape index (κ3) is 4.57. The lowest BCUT2D eigenvalue weighted by molar-refractivity contribution is -0.126. The first-order valence-corrected chi connectivity index (χ1v) is 10.7. The molecule has 0 bridgehead atoms. The van der Waals surface area contributed by atoms with Crippen molar-refractivity contribution >= 4 is 15.9 Å². The molecule has 1 amide bonds. The van der Waals surface area contributed by atoms with Gasteiger partial charge >= 0.3 is 0 Å². The second kappa shape index (κ2) is 8.86. The highest BCUT2D eigenvalue weighted by Gasteiger charge is 2.33. The van der Waals surface area contributed by atoms with Crippen LogP contribution in [0.4, 0.5) is 0 Å². The van der Waals surface area contributed by atoms with Crippen LogP contribution in [0.3, 0.4) is 0 Å². The van der Waals surface area contributed by atoms with E-state index in [0.29, 0.717) is 48.7 Å². The van der Waals surface area contributed by atoms with Gasteiger partial charge in [-0.3, -0.25) is 4.79 Å². The fourth-order valence-electron chi connectivity index (χ4n) is 3.29. The Morgan fingerprint density at radius 2 is 1.88 bits per heavy atom. The molecule has 1 heterocycles. The number of carbonyl (C=O) groups excluding carboxylic acids is 1. The third-order valence-corrected chi connectivity index (χ3v) is 7.01. The first-order chi connectivity index (χ1) is 12.3. The van der Waals surface area contributed by atoms with Crippen molar-refractivity contribution in [3.8, 4) is 5.75 Å². The van der Waals surface area contributed by atoms with Gasteiger partial charge in [0, 0.05) is 25.6 Å². The number of carbonyl (C=O) groups is 1. The van der Waals surface area contributed by atoms with Crippen molar-refractivity contribution in [1.29, 1.82) is 0 Å². The Labute approximate surface area is 157 Å². The van der Waals surface area contributed by atoms with Crippen molar-refractivity contribution in [2.75, 3.05) is 26.7 Å². The number of unbranched alkanes of at least 4 members (excludes halogenated alkanes) is 1. The van der Waals surface area contributed by atoms with Crippen LogP contribution in [0.25, 0.3) is 0 Å². The molecule has 0 radical (unpaired) electrons. The van der Waals surface area contributed by atoms with Crippen LogP contribution >= 0.6 is 0 Å². The number of methoxy groups -OCH3 is 1. The van der Waals surface area contributed by atoms with E-state index < -0.39 is 10.0 Å². The lowest BCUT2D eigenvalue weighted by Gasteiger charge is -2.31. The number of hydrogen-bond donors (Lipinski definition) is 1. The Morgan fingerprint density at radius 3 is 2.46 bits per heavy atom. The van der Waals surface area contributed by atoms with Crippen molar-refractivity contribution in [2.45, 2.75) is 51.3 Å². The van der Waals surface area contributed by atoms with Gasteiger partial charge in [-0.1, -0.05) is 13.3 Å². The van der Waals surface area contributed by atoms with Gasteiger partial charge < -0.3 is 10.1 Å². The molecule has 1 aromatic rings. The van der Waals surface area contributed by atoms with Gasteiger partial charge in [-0.25, -0.2) is 8.42 Å². The Kier molecular flexibility index (Phi) is 7.06. The largest absolute Gasteiger partial charge is 0.496 e. The van der Waals surface area contributed by atoms with E-state index in [2.05, 4.69) is 12.2 Å². The number of amides is 1. The van der Waals surface area contributed by atoms with E-state index in [-0.39, 0.29) is 11.8 Å². The van der Waals surface area contributed by atoms with Crippen molar-refractivity contribution in [3.63, 3.8) is 0 Å². The minimum atomic E-state index is -3.56. The molecule has 0 unspecified atom stereocenters. The van der Waals surface area contributed by atoms with Gasteiger partial charge in [-0.05, 0) is 56.4 Å². The van der Waals surface area contributed by atoms with Gasteiger partial charge in [0.15, 0.2) is 0 Å². The van der Waals surface area contributed by atoms with Crippen LogP contribution in [0.1, 0.15) is 43.7 Å². The van der Waals surface area contributed by atoms with Crippen molar-refractivity contribution in [1.82, 2.24) is 9.62 Å². The highest BCUT2D eigenvalue weighted by Crippen LogP contribution is 2.30. The van der Waals surface area contributed by atoms with Gasteiger partial charge in [0.2, 0.25) is 15.9 Å². The standard InChI is InChI=1S/C19H30N2O4S/c1-5-6-9-20-19(22)16-7-10-21(11-8-16)26(23,24)18-13-14(2)17(25-4)12-15(18)3/h12-13,16H,5-11H2,1-4H3,(H,20,22). The topological polar surface area (TPSA) is 75.7 Å². The number of hydrogen-bond acceptors (Lipinski definition) is 4. The second-order valence-electron chi connectivity index (χ2n) is 6.91. The van der Waals surface area contributed by atoms with E-state index >= 15 is 0 Å². The maximum absolute atomic E-state index is 13.0. The van der Waals surface area contributed by atoms with Gasteiger partial charge in [-0.15, -0.1) is 0 Å². The summed E-state index contributed by atoms with van der Waals surface area (Å²) in [7, 11) is -1.99. The second-order valence-corrected chi connectivity index (χ2v) is 8.82. The van der Waals surface area contributed by atoms with E-state index in [0.717, 1.165) is 18.4 Å². The summed E-state index contributed by atoms with van der Waals surface area (Å²) in [5.41, 5.74) is 1.47. The van der Waals surface area contributed by atoms with Crippen molar-refractivity contribution in [2.24, 2.45) is 5.92 Å². The van der Waals surface area contributed by atoms with Crippen LogP contribution in [0.2, 0.25) is 0 Å². The molecule has 146 valence electrons. The van der Waals surface area contributed by atoms with Crippen LogP contribution in [0.15, 0.2) is 17.0 Å². The predicted molar refractivity (Wildman–Crippen MR) is 102 cm³/mol. The quantitative estimate of drug-likeness (QED) is 0.736. The Bertz CT molecular complexity index is 738. The fourth-order valence-corrected chi connectivity index (χ4v) is 5.05. The summed E-state index contributed by atoms with van der Waals surface area (Å²) < 4.78 is 32.8. The lowest BCUT2D eigenvalue weighted by atomic mass is 9.97. The van der Waals surface area contributed by atoms with Crippen LogP contribution in [-0.4, -0.2) is 45.4 Å². The van der Waals surface area contributed by atoms with Crippen LogP contribution in [-0.2, 0) is 14.8 Å². The summed E-state index contributed by atoms with van der Waals surface area (Å²) in [5, 5.41) is 2.95. The Balaban J connectivity index is 2.06. The molecular weight excluding hydrogens is 352 g/mol. The molecule has 0 aliphatic carbocycles. The maximum Gasteiger partial charge on any atom is 0.243 e. The van der Waals surface area contributed by atoms with Crippen LogP contribution < -0.4 is 10.1 Å². The summed E-state index contributed by atoms with van der Waals surface area (Å²) in [6.45, 7) is 7.14. The van der Waals surface area contributed by atoms with E-state index in [1.165, 1.54) is 4.31 Å². The summed E-state index contributed by atoms with van der Waals surface area (Å²) in [4.78, 5) is 12.5. The zero-order chi connectivity index (χ0) is 19.3. The molecule has 1 aliphatic rings. The molecule has 0 spiro atoms. The number of sulfonamides is 1. The molecule has 2 rings (SSSR count). The van der Waals surface area contributed by atoms with Gasteiger partial charge in [0.1, 0.15) is 5.75 Å². The molecule has 0 saturated carbocycles. The molecule has 1 N–H and O–H groups in total. The van der Waals surface area contributed by atoms with E-state index in [4.69, 9.17) is 4.74 Å². The van der Waals surface area contributed by atoms with E-state index in [1.54, 1.807) is 26.2 Å². The molecule has 26 heavy (non-hydrogen) atoms. The summed E-state index contributed by atoms with van der Waals surface area (Å²) in [5.74, 6) is 0.632. The minimum Gasteiger partial charge on any atom is -0.496 e. The zero-order valence-corrected chi connectivity index (χ0v) is 17.0. The summed E-state index contributed by atoms with van der Waals surface area (Å²) >= 11 is 0. The summed E-state index contributed by atoms with van der Waals surface area (Å²) in [6.07, 6.45) is 3.13. The number of nitrogens with one attached hydrogen (secondary N) is 1. The van der Waals surface area contributed by atoms with Gasteiger partial charge in [0.05, 0.1) is 12.0 Å². The molecule has 7 heteroatoms. The fraction of sp³-hybridized carbons (Fsp3) is 0.632. The molecule has 6 nitrogen and oxygen atoms in total. The van der Waals surface area contributed by atoms with E-state index in [1.807, 2.05) is 6.92 Å². The molecular formula is C19H30N2O4S. The van der Waals surface area contributed by atoms with Gasteiger partial charge in [0.25, 0.3) is 0 Å². The number of aryl methyl sites for hydroxylation is 2. The van der Waals surface area contributed by atoms with Crippen molar-refractivity contribution in [3.05, 3.63) is 23.3 Å². The number of ether oxygens (including phenoxy) is 1. The highest BCUT2D eigenvalue weighted by molar-refractivity contribution is 7.89. The first kappa shape index (κ1) is 20.7. The van der Waals surface area contributed by atoms with Crippen LogP contribution in [0.5, 0.6) is 5.75 Å². The number of piperidine rings is 1. The molecule has 0 atom stereocenters. The molecule has 1 saturated heterocycles. The minimum absolute atomic E-state index is 0.0481. The van der Waals surface area contributed by atoms with Crippen molar-refractivity contribution < 1.29 is 17.9 Å².